The van der Waals surface area contributed by atoms with Gasteiger partial charge in [-0.25, -0.2) is 4.98 Å². The van der Waals surface area contributed by atoms with Crippen LogP contribution in [0.5, 0.6) is 0 Å². The molecule has 5 aromatic rings. The van der Waals surface area contributed by atoms with Gasteiger partial charge in [-0.2, -0.15) is 13.2 Å². The largest absolute Gasteiger partial charge is 0.417 e. The Kier molecular flexibility index (Phi) is 5.96. The lowest BCUT2D eigenvalue weighted by atomic mass is 10.0. The zero-order valence-corrected chi connectivity index (χ0v) is 19.5. The number of hydrogen-bond donors (Lipinski definition) is 2. The number of alkyl halides is 3. The summed E-state index contributed by atoms with van der Waals surface area (Å²) in [4.78, 5) is 11.8. The van der Waals surface area contributed by atoms with E-state index < -0.39 is 11.7 Å². The van der Waals surface area contributed by atoms with Gasteiger partial charge in [0.25, 0.3) is 0 Å². The van der Waals surface area contributed by atoms with Crippen LogP contribution in [0.2, 0.25) is 0 Å². The molecule has 2 N–H and O–H groups in total. The van der Waals surface area contributed by atoms with Gasteiger partial charge < -0.3 is 14.7 Å². The third-order valence-electron chi connectivity index (χ3n) is 6.54. The molecule has 0 bridgehead atoms. The number of halogens is 3. The Morgan fingerprint density at radius 2 is 1.91 bits per heavy atom. The van der Waals surface area contributed by atoms with Gasteiger partial charge in [0.1, 0.15) is 0 Å². The van der Waals surface area contributed by atoms with Gasteiger partial charge in [-0.15, -0.1) is 0 Å². The molecule has 0 saturated heterocycles. The number of H-pyrrole nitrogens is 1. The van der Waals surface area contributed by atoms with Crippen LogP contribution < -0.4 is 5.32 Å². The molecule has 0 spiro atoms. The molecule has 1 aromatic carbocycles. The molecular weight excluding hydrogens is 451 g/mol. The topological polar surface area (TPSA) is 58.0 Å². The summed E-state index contributed by atoms with van der Waals surface area (Å²) in [5.74, 6) is 0.249. The average molecular weight is 478 g/mol. The molecule has 1 atom stereocenters. The van der Waals surface area contributed by atoms with Crippen LogP contribution >= 0.6 is 0 Å². The second-order valence-electron chi connectivity index (χ2n) is 8.82. The number of benzene rings is 1. The van der Waals surface area contributed by atoms with Crippen LogP contribution in [0.15, 0.2) is 67.4 Å². The summed E-state index contributed by atoms with van der Waals surface area (Å²) in [6.07, 6.45) is 5.29. The molecule has 8 heteroatoms. The highest BCUT2D eigenvalue weighted by Crippen LogP contribution is 2.34. The van der Waals surface area contributed by atoms with Crippen LogP contribution in [-0.4, -0.2) is 25.9 Å². The number of aromatic nitrogens is 4. The zero-order chi connectivity index (χ0) is 24.6. The summed E-state index contributed by atoms with van der Waals surface area (Å²) in [7, 11) is 0. The Bertz CT molecular complexity index is 1480. The Labute approximate surface area is 201 Å². The van der Waals surface area contributed by atoms with E-state index >= 15 is 0 Å². The van der Waals surface area contributed by atoms with Gasteiger partial charge in [-0.3, -0.25) is 4.98 Å². The molecule has 4 aromatic heterocycles. The van der Waals surface area contributed by atoms with Gasteiger partial charge in [0.2, 0.25) is 0 Å². The molecule has 180 valence electrons. The summed E-state index contributed by atoms with van der Waals surface area (Å²) < 4.78 is 42.0. The minimum atomic E-state index is -4.45. The number of nitrogens with one attached hydrogen (secondary N) is 2. The summed E-state index contributed by atoms with van der Waals surface area (Å²) >= 11 is 0. The van der Waals surface area contributed by atoms with Crippen molar-refractivity contribution in [2.75, 3.05) is 11.9 Å². The van der Waals surface area contributed by atoms with E-state index in [0.717, 1.165) is 47.7 Å². The molecule has 1 unspecified atom stereocenters. The maximum atomic E-state index is 13.3. The number of para-hydroxylation sites is 1. The van der Waals surface area contributed by atoms with Crippen LogP contribution in [0.3, 0.4) is 0 Å². The van der Waals surface area contributed by atoms with Gasteiger partial charge in [-0.05, 0) is 42.5 Å². The molecular formula is C27H26F3N5. The molecule has 0 saturated carbocycles. The number of imidazole rings is 1. The zero-order valence-electron chi connectivity index (χ0n) is 19.5. The predicted octanol–water partition coefficient (Wildman–Crippen LogP) is 7.06. The van der Waals surface area contributed by atoms with E-state index in [0.29, 0.717) is 17.7 Å². The minimum absolute atomic E-state index is 0.249. The molecule has 0 aliphatic rings. The Balaban J connectivity index is 1.51. The molecule has 4 heterocycles. The second-order valence-corrected chi connectivity index (χ2v) is 8.82. The van der Waals surface area contributed by atoms with Crippen molar-refractivity contribution in [3.05, 3.63) is 84.2 Å². The molecule has 5 nitrogen and oxygen atoms in total. The Morgan fingerprint density at radius 1 is 1.09 bits per heavy atom. The third-order valence-corrected chi connectivity index (χ3v) is 6.54. The first-order chi connectivity index (χ1) is 16.8. The van der Waals surface area contributed by atoms with E-state index in [9.17, 15) is 13.2 Å². The van der Waals surface area contributed by atoms with E-state index in [1.165, 1.54) is 17.1 Å². The maximum Gasteiger partial charge on any atom is 0.417 e. The van der Waals surface area contributed by atoms with Crippen LogP contribution in [0.1, 0.15) is 43.0 Å². The van der Waals surface area contributed by atoms with Crippen LogP contribution in [-0.2, 0) is 12.6 Å². The van der Waals surface area contributed by atoms with Crippen LogP contribution in [0.4, 0.5) is 18.9 Å². The summed E-state index contributed by atoms with van der Waals surface area (Å²) in [6, 6.07) is 11.2. The lowest BCUT2D eigenvalue weighted by Crippen LogP contribution is -2.08. The first-order valence-corrected chi connectivity index (χ1v) is 11.7. The third kappa shape index (κ3) is 4.48. The summed E-state index contributed by atoms with van der Waals surface area (Å²) in [6.45, 7) is 4.87. The van der Waals surface area contributed by atoms with Crippen molar-refractivity contribution >= 4 is 22.2 Å². The van der Waals surface area contributed by atoms with E-state index in [1.807, 2.05) is 47.3 Å². The normalized spacial score (nSPS) is 12.9. The van der Waals surface area contributed by atoms with Gasteiger partial charge in [0.15, 0.2) is 5.65 Å². The van der Waals surface area contributed by atoms with E-state index in [4.69, 9.17) is 0 Å². The van der Waals surface area contributed by atoms with Crippen molar-refractivity contribution in [2.24, 2.45) is 0 Å². The van der Waals surface area contributed by atoms with Crippen molar-refractivity contribution in [1.29, 1.82) is 0 Å². The number of rotatable bonds is 7. The second kappa shape index (κ2) is 9.09. The molecule has 0 fully saturated rings. The molecule has 0 radical (unpaired) electrons. The highest BCUT2D eigenvalue weighted by atomic mass is 19.4. The van der Waals surface area contributed by atoms with E-state index in [-0.39, 0.29) is 5.92 Å². The maximum absolute atomic E-state index is 13.3. The van der Waals surface area contributed by atoms with Crippen molar-refractivity contribution in [1.82, 2.24) is 19.4 Å². The first kappa shape index (κ1) is 23.0. The fraction of sp³-hybridized carbons (Fsp3) is 0.259. The van der Waals surface area contributed by atoms with Gasteiger partial charge >= 0.3 is 6.18 Å². The number of nitrogens with zero attached hydrogens (tertiary/aromatic N) is 3. The molecule has 0 aliphatic carbocycles. The fourth-order valence-corrected chi connectivity index (χ4v) is 4.39. The SMILES string of the molecule is CCC(C)c1cnc2c(NCCc3c[nH]c4ccccc34)cc(-c3cncc(C(F)(F)F)c3)cn12. The number of fused-ring (bicyclic) bond motifs is 2. The fourth-order valence-electron chi connectivity index (χ4n) is 4.39. The van der Waals surface area contributed by atoms with Gasteiger partial charge in [0.05, 0.1) is 11.3 Å². The number of pyridine rings is 2. The summed E-state index contributed by atoms with van der Waals surface area (Å²) in [5, 5.41) is 4.66. The van der Waals surface area contributed by atoms with Crippen molar-refractivity contribution in [3.63, 3.8) is 0 Å². The highest BCUT2D eigenvalue weighted by Gasteiger charge is 2.31. The predicted molar refractivity (Wildman–Crippen MR) is 133 cm³/mol. The Morgan fingerprint density at radius 3 is 2.71 bits per heavy atom. The lowest BCUT2D eigenvalue weighted by Gasteiger charge is -2.15. The smallest absolute Gasteiger partial charge is 0.382 e. The Hall–Kier alpha value is -3.81. The molecule has 35 heavy (non-hydrogen) atoms. The number of aromatic amines is 1. The van der Waals surface area contributed by atoms with Crippen LogP contribution in [0.25, 0.3) is 27.7 Å². The van der Waals surface area contributed by atoms with Gasteiger partial charge in [-0.1, -0.05) is 32.0 Å². The quantitative estimate of drug-likeness (QED) is 0.264. The average Bonchev–Trinajstić information content (AvgIpc) is 3.48. The van der Waals surface area contributed by atoms with E-state index in [2.05, 4.69) is 40.2 Å². The van der Waals surface area contributed by atoms with Crippen molar-refractivity contribution < 1.29 is 13.2 Å². The molecule has 5 rings (SSSR count). The highest BCUT2D eigenvalue weighted by molar-refractivity contribution is 5.83. The number of anilines is 1. The van der Waals surface area contributed by atoms with E-state index in [1.54, 1.807) is 0 Å². The van der Waals surface area contributed by atoms with Crippen LogP contribution in [0, 0.1) is 0 Å². The van der Waals surface area contributed by atoms with Gasteiger partial charge in [0, 0.05) is 65.3 Å². The number of hydrogen-bond acceptors (Lipinski definition) is 3. The van der Waals surface area contributed by atoms with Crippen molar-refractivity contribution in [3.8, 4) is 11.1 Å². The molecule has 0 amide bonds. The van der Waals surface area contributed by atoms with Crippen molar-refractivity contribution in [2.45, 2.75) is 38.8 Å². The standard InChI is InChI=1S/C27H26F3N5/c1-3-17(2)25-15-34-26-24(32-9-8-18-13-33-23-7-5-4-6-22(18)23)11-20(16-35(25)26)19-10-21(14-31-12-19)27(28,29)30/h4-7,10-17,32-33H,3,8-9H2,1-2H3. The molecule has 0 aliphatic heterocycles. The minimum Gasteiger partial charge on any atom is -0.382 e. The first-order valence-electron chi connectivity index (χ1n) is 11.7. The lowest BCUT2D eigenvalue weighted by molar-refractivity contribution is -0.137. The monoisotopic (exact) mass is 477 g/mol. The summed E-state index contributed by atoms with van der Waals surface area (Å²) in [5.41, 5.74) is 5.12.